The molecule has 0 unspecified atom stereocenters. The Morgan fingerprint density at radius 1 is 0.682 bits per heavy atom. The predicted octanol–water partition coefficient (Wildman–Crippen LogP) is 7.81. The van der Waals surface area contributed by atoms with E-state index in [-0.39, 0.29) is 59.2 Å². The first-order valence-electron chi connectivity index (χ1n) is 23.9. The van der Waals surface area contributed by atoms with E-state index in [0.29, 0.717) is 45.4 Å². The quantitative estimate of drug-likeness (QED) is 0.140. The first-order valence-corrected chi connectivity index (χ1v) is 23.9. The van der Waals surface area contributed by atoms with Crippen LogP contribution in [-0.2, 0) is 49.8 Å². The average molecular weight is 914 g/mol. The lowest BCUT2D eigenvalue weighted by atomic mass is 9.94. The molecular formula is C51H69F2N7O6. The molecule has 2 fully saturated rings. The van der Waals surface area contributed by atoms with E-state index in [4.69, 9.17) is 4.74 Å². The molecule has 5 amide bonds. The summed E-state index contributed by atoms with van der Waals surface area (Å²) in [5.74, 6) is -2.37. The van der Waals surface area contributed by atoms with Gasteiger partial charge in [0, 0.05) is 62.0 Å². The molecule has 2 saturated heterocycles. The molecule has 358 valence electrons. The number of benzene rings is 2. The van der Waals surface area contributed by atoms with Crippen molar-refractivity contribution in [1.82, 2.24) is 34.5 Å². The lowest BCUT2D eigenvalue weighted by Gasteiger charge is -2.33. The Bertz CT molecular complexity index is 2520. The molecule has 66 heavy (non-hydrogen) atoms. The minimum Gasteiger partial charge on any atom is -0.444 e. The topological polar surface area (TPSA) is 138 Å². The number of halogens is 2. The van der Waals surface area contributed by atoms with Crippen molar-refractivity contribution in [2.75, 3.05) is 20.1 Å². The molecule has 0 aliphatic carbocycles. The van der Waals surface area contributed by atoms with E-state index in [9.17, 15) is 24.0 Å². The van der Waals surface area contributed by atoms with Crippen LogP contribution in [0.4, 0.5) is 13.6 Å². The highest BCUT2D eigenvalue weighted by atomic mass is 19.1. The van der Waals surface area contributed by atoms with Gasteiger partial charge in [-0.15, -0.1) is 0 Å². The summed E-state index contributed by atoms with van der Waals surface area (Å²) in [7, 11) is 1.50. The number of aryl methyl sites for hydroxylation is 2. The number of nitrogens with zero attached hydrogens (tertiary/aromatic N) is 5. The number of fused-ring (bicyclic) bond motifs is 7. The van der Waals surface area contributed by atoms with Gasteiger partial charge >= 0.3 is 6.09 Å². The molecule has 5 atom stereocenters. The number of nitrogens with one attached hydrogen (secondary N) is 2. The highest BCUT2D eigenvalue weighted by Crippen LogP contribution is 2.45. The van der Waals surface area contributed by atoms with Crippen LogP contribution < -0.4 is 10.6 Å². The van der Waals surface area contributed by atoms with Crippen LogP contribution in [0.2, 0.25) is 0 Å². The smallest absolute Gasteiger partial charge is 0.410 e. The molecule has 0 bridgehead atoms. The van der Waals surface area contributed by atoms with E-state index in [1.54, 1.807) is 39.8 Å². The van der Waals surface area contributed by atoms with Crippen LogP contribution in [0.15, 0.2) is 36.4 Å². The van der Waals surface area contributed by atoms with Gasteiger partial charge in [-0.3, -0.25) is 24.1 Å². The Morgan fingerprint density at radius 3 is 1.50 bits per heavy atom. The van der Waals surface area contributed by atoms with Crippen LogP contribution in [0.5, 0.6) is 0 Å². The largest absolute Gasteiger partial charge is 0.444 e. The number of carbonyl (C=O) groups is 5. The molecule has 0 radical (unpaired) electrons. The molecule has 2 aromatic carbocycles. The number of likely N-dealkylation sites (tertiary alicyclic amines) is 2. The van der Waals surface area contributed by atoms with Crippen molar-refractivity contribution in [2.24, 2.45) is 17.8 Å². The predicted molar refractivity (Wildman–Crippen MR) is 251 cm³/mol. The van der Waals surface area contributed by atoms with Gasteiger partial charge in [-0.2, -0.15) is 0 Å². The fourth-order valence-electron chi connectivity index (χ4n) is 10.2. The van der Waals surface area contributed by atoms with Gasteiger partial charge in [0.25, 0.3) is 0 Å². The van der Waals surface area contributed by atoms with Crippen LogP contribution in [0.25, 0.3) is 33.2 Å². The second-order valence-corrected chi connectivity index (χ2v) is 20.7. The van der Waals surface area contributed by atoms with Crippen LogP contribution in [0, 0.1) is 29.4 Å². The molecule has 3 aliphatic rings. The zero-order chi connectivity index (χ0) is 48.1. The van der Waals surface area contributed by atoms with Gasteiger partial charge in [0.05, 0.1) is 22.4 Å². The second-order valence-electron chi connectivity index (χ2n) is 20.7. The number of carbonyl (C=O) groups excluding carboxylic acids is 5. The molecule has 3 aliphatic heterocycles. The number of rotatable bonds is 13. The summed E-state index contributed by atoms with van der Waals surface area (Å²) in [6, 6.07) is 6.81. The van der Waals surface area contributed by atoms with Crippen molar-refractivity contribution in [2.45, 2.75) is 157 Å². The minimum absolute atomic E-state index is 0.110. The molecule has 2 N–H and O–H groups in total. The van der Waals surface area contributed by atoms with Crippen LogP contribution in [0.1, 0.15) is 106 Å². The molecule has 4 aromatic rings. The summed E-state index contributed by atoms with van der Waals surface area (Å²) in [5, 5.41) is 7.72. The average Bonchev–Trinajstić information content (AvgIpc) is 4.04. The summed E-state index contributed by atoms with van der Waals surface area (Å²) in [4.78, 5) is 73.5. The molecule has 5 heterocycles. The van der Waals surface area contributed by atoms with Crippen molar-refractivity contribution < 1.29 is 37.5 Å². The normalized spacial score (nSPS) is 18.8. The molecule has 2 aromatic heterocycles. The number of ether oxygens (including phenoxy) is 1. The van der Waals surface area contributed by atoms with Gasteiger partial charge in [-0.05, 0) is 126 Å². The highest BCUT2D eigenvalue weighted by molar-refractivity contribution is 5.98. The Labute approximate surface area is 387 Å². The van der Waals surface area contributed by atoms with Crippen molar-refractivity contribution in [1.29, 1.82) is 0 Å². The van der Waals surface area contributed by atoms with E-state index in [1.165, 1.54) is 24.1 Å². The Kier molecular flexibility index (Phi) is 14.0. The van der Waals surface area contributed by atoms with Gasteiger partial charge in [0.15, 0.2) is 0 Å². The molecular weight excluding hydrogens is 845 g/mol. The van der Waals surface area contributed by atoms with E-state index >= 15 is 8.78 Å². The highest BCUT2D eigenvalue weighted by Gasteiger charge is 2.41. The third-order valence-electron chi connectivity index (χ3n) is 13.9. The first kappa shape index (κ1) is 48.5. The molecule has 0 spiro atoms. The number of hydrogen-bond donors (Lipinski definition) is 2. The zero-order valence-corrected chi connectivity index (χ0v) is 40.6. The van der Waals surface area contributed by atoms with Crippen LogP contribution in [0.3, 0.4) is 0 Å². The van der Waals surface area contributed by atoms with Gasteiger partial charge in [-0.25, -0.2) is 13.6 Å². The lowest BCUT2D eigenvalue weighted by molar-refractivity contribution is -0.139. The summed E-state index contributed by atoms with van der Waals surface area (Å²) in [6.45, 7) is 20.2. The maximum atomic E-state index is 15.3. The Hall–Kier alpha value is -5.47. The minimum atomic E-state index is -0.908. The third-order valence-corrected chi connectivity index (χ3v) is 13.9. The summed E-state index contributed by atoms with van der Waals surface area (Å²) >= 11 is 0. The van der Waals surface area contributed by atoms with Crippen LogP contribution in [-0.4, -0.2) is 110 Å². The number of hydrogen-bond acceptors (Lipinski definition) is 6. The first-order chi connectivity index (χ1) is 31.1. The van der Waals surface area contributed by atoms with Crippen LogP contribution >= 0.6 is 0 Å². The second kappa shape index (κ2) is 19.0. The fourth-order valence-corrected chi connectivity index (χ4v) is 10.2. The van der Waals surface area contributed by atoms with Crippen molar-refractivity contribution in [3.63, 3.8) is 0 Å². The van der Waals surface area contributed by atoms with Gasteiger partial charge in [0.2, 0.25) is 23.6 Å². The van der Waals surface area contributed by atoms with E-state index in [2.05, 4.69) is 19.8 Å². The zero-order valence-electron chi connectivity index (χ0n) is 40.6. The maximum Gasteiger partial charge on any atom is 0.410 e. The van der Waals surface area contributed by atoms with Crippen molar-refractivity contribution in [3.8, 4) is 11.4 Å². The molecule has 13 nitrogen and oxygen atoms in total. The summed E-state index contributed by atoms with van der Waals surface area (Å²) in [5.41, 5.74) is 4.44. The Morgan fingerprint density at radius 2 is 1.11 bits per heavy atom. The fraction of sp³-hybridized carbons (Fsp3) is 0.588. The Balaban J connectivity index is 1.25. The SMILES string of the molecule is CC(C)C(=O)N[C@H](C(=O)N1CCC[C@H]1Cc1c2n(c3cc(F)ccc13)CCn1c-2c(C[C@@H]2CCCN2C(=O)[C@@H](NC(=O)[C@H](C)N(C)C(=O)OC(C)(C)C)C(C)C)c2ccc(F)cc21)C(C)C. The van der Waals surface area contributed by atoms with Crippen molar-refractivity contribution >= 4 is 51.5 Å². The van der Waals surface area contributed by atoms with Gasteiger partial charge in [0.1, 0.15) is 35.4 Å². The van der Waals surface area contributed by atoms with Crippen molar-refractivity contribution in [3.05, 3.63) is 59.2 Å². The van der Waals surface area contributed by atoms with E-state index < -0.39 is 35.7 Å². The monoisotopic (exact) mass is 914 g/mol. The van der Waals surface area contributed by atoms with E-state index in [0.717, 1.165) is 63.6 Å². The standard InChI is InChI=1S/C51H69F2N7O6/c1-28(2)42(54-46(61)30(5)6)48(63)57-20-12-14-34(57)26-38-36-18-16-32(52)24-40(36)59-22-23-60-41-25-33(53)17-19-37(41)39(45(60)44(38)59)27-35-15-13-21-58(35)49(64)43(29(3)4)55-47(62)31(7)56(11)50(65)66-51(8,9)10/h16-19,24-25,28-31,34-35,42-43H,12-15,20-23,26-27H2,1-11H3,(H,54,61)(H,55,62)/t31-,34-,35-,42-,43-/m0/s1. The summed E-state index contributed by atoms with van der Waals surface area (Å²) < 4.78 is 40.3. The molecule has 15 heteroatoms. The molecule has 7 rings (SSSR count). The number of likely N-dealkylation sites (N-methyl/N-ethyl adjacent to an activating group) is 1. The maximum absolute atomic E-state index is 15.3. The number of aromatic nitrogens is 2. The molecule has 0 saturated carbocycles. The summed E-state index contributed by atoms with van der Waals surface area (Å²) in [6.07, 6.45) is 3.30. The lowest BCUT2D eigenvalue weighted by Crippen LogP contribution is -2.56. The number of amides is 5. The van der Waals surface area contributed by atoms with Gasteiger partial charge in [-0.1, -0.05) is 41.5 Å². The van der Waals surface area contributed by atoms with E-state index in [1.807, 2.05) is 63.5 Å². The van der Waals surface area contributed by atoms with Gasteiger partial charge < -0.3 is 34.3 Å². The third kappa shape index (κ3) is 9.54.